The summed E-state index contributed by atoms with van der Waals surface area (Å²) >= 11 is 0. The van der Waals surface area contributed by atoms with Crippen LogP contribution in [-0.2, 0) is 24.1 Å². The van der Waals surface area contributed by atoms with Crippen molar-refractivity contribution < 1.29 is 18.0 Å². The Morgan fingerprint density at radius 3 is 2.50 bits per heavy atom. The van der Waals surface area contributed by atoms with Gasteiger partial charge in [0, 0.05) is 37.6 Å². The number of nitrogens with one attached hydrogen (secondary N) is 1. The molecule has 134 valence electrons. The molecule has 0 saturated carbocycles. The maximum atomic E-state index is 12.8. The Labute approximate surface area is 149 Å². The molecule has 0 radical (unpaired) electrons. The van der Waals surface area contributed by atoms with Crippen LogP contribution in [0.25, 0.3) is 0 Å². The minimum absolute atomic E-state index is 0. The molecule has 0 saturated heterocycles. The molecule has 24 heavy (non-hydrogen) atoms. The van der Waals surface area contributed by atoms with Crippen molar-refractivity contribution in [3.63, 3.8) is 0 Å². The molecule has 2 rings (SSSR count). The van der Waals surface area contributed by atoms with Gasteiger partial charge in [-0.2, -0.15) is 18.3 Å². The van der Waals surface area contributed by atoms with Crippen molar-refractivity contribution in [3.05, 3.63) is 47.8 Å². The van der Waals surface area contributed by atoms with Gasteiger partial charge in [-0.3, -0.25) is 9.48 Å². The first-order chi connectivity index (χ1) is 10.4. The van der Waals surface area contributed by atoms with E-state index >= 15 is 0 Å². The topological polar surface area (TPSA) is 72.9 Å². The molecule has 0 atom stereocenters. The van der Waals surface area contributed by atoms with Crippen LogP contribution >= 0.6 is 24.8 Å². The van der Waals surface area contributed by atoms with E-state index in [0.717, 1.165) is 12.1 Å². The highest BCUT2D eigenvalue weighted by Gasteiger charge is 2.31. The van der Waals surface area contributed by atoms with Crippen molar-refractivity contribution in [3.8, 4) is 0 Å². The monoisotopic (exact) mass is 384 g/mol. The quantitative estimate of drug-likeness (QED) is 0.830. The molecule has 10 heteroatoms. The summed E-state index contributed by atoms with van der Waals surface area (Å²) in [5, 5.41) is 6.40. The lowest BCUT2D eigenvalue weighted by Crippen LogP contribution is -2.16. The Morgan fingerprint density at radius 1 is 1.25 bits per heavy atom. The van der Waals surface area contributed by atoms with Gasteiger partial charge in [-0.25, -0.2) is 0 Å². The van der Waals surface area contributed by atoms with Crippen molar-refractivity contribution in [1.29, 1.82) is 0 Å². The maximum absolute atomic E-state index is 12.8. The first kappa shape index (κ1) is 22.2. The minimum Gasteiger partial charge on any atom is -0.326 e. The predicted molar refractivity (Wildman–Crippen MR) is 89.3 cm³/mol. The molecular formula is C14H17Cl2F3N4O. The van der Waals surface area contributed by atoms with Gasteiger partial charge in [-0.1, -0.05) is 0 Å². The van der Waals surface area contributed by atoms with Gasteiger partial charge in [0.25, 0.3) is 0 Å². The molecule has 0 aliphatic heterocycles. The van der Waals surface area contributed by atoms with E-state index in [1.165, 1.54) is 6.07 Å². The predicted octanol–water partition coefficient (Wildman–Crippen LogP) is 3.23. The molecule has 0 aliphatic carbocycles. The molecule has 5 nitrogen and oxygen atoms in total. The van der Waals surface area contributed by atoms with Crippen molar-refractivity contribution in [1.82, 2.24) is 9.78 Å². The molecule has 3 N–H and O–H groups in total. The Bertz CT molecular complexity index is 648. The lowest BCUT2D eigenvalue weighted by atomic mass is 10.1. The number of aromatic nitrogens is 2. The molecule has 0 fully saturated rings. The fourth-order valence-electron chi connectivity index (χ4n) is 1.92. The normalized spacial score (nSPS) is 10.5. The van der Waals surface area contributed by atoms with Crippen LogP contribution in [0.2, 0.25) is 0 Å². The van der Waals surface area contributed by atoms with Gasteiger partial charge >= 0.3 is 6.18 Å². The second-order valence-electron chi connectivity index (χ2n) is 4.69. The Morgan fingerprint density at radius 2 is 1.96 bits per heavy atom. The smallest absolute Gasteiger partial charge is 0.326 e. The van der Waals surface area contributed by atoms with E-state index in [9.17, 15) is 18.0 Å². The van der Waals surface area contributed by atoms with Crippen LogP contribution in [0.5, 0.6) is 0 Å². The van der Waals surface area contributed by atoms with E-state index in [1.807, 2.05) is 0 Å². The largest absolute Gasteiger partial charge is 0.416 e. The number of nitrogens with zero attached hydrogens (tertiary/aromatic N) is 2. The van der Waals surface area contributed by atoms with Gasteiger partial charge in [0.2, 0.25) is 5.91 Å². The number of nitrogens with two attached hydrogens (primary N) is 1. The molecule has 0 bridgehead atoms. The number of alkyl halides is 3. The number of anilines is 1. The number of amides is 1. The van der Waals surface area contributed by atoms with E-state index in [2.05, 4.69) is 10.4 Å². The molecule has 2 aromatic rings. The molecule has 0 unspecified atom stereocenters. The number of aryl methyl sites for hydroxylation is 1. The summed E-state index contributed by atoms with van der Waals surface area (Å²) in [5.74, 6) is -0.391. The zero-order valence-corrected chi connectivity index (χ0v) is 14.0. The van der Waals surface area contributed by atoms with E-state index in [0.29, 0.717) is 12.1 Å². The van der Waals surface area contributed by atoms with Crippen LogP contribution in [0.15, 0.2) is 36.7 Å². The number of benzene rings is 1. The van der Waals surface area contributed by atoms with Crippen LogP contribution in [0.4, 0.5) is 18.9 Å². The highest BCUT2D eigenvalue weighted by molar-refractivity contribution is 5.90. The number of hydrogen-bond donors (Lipinski definition) is 2. The van der Waals surface area contributed by atoms with Gasteiger partial charge in [0.05, 0.1) is 5.56 Å². The lowest BCUT2D eigenvalue weighted by molar-refractivity contribution is -0.137. The fraction of sp³-hybridized carbons (Fsp3) is 0.286. The van der Waals surface area contributed by atoms with E-state index in [4.69, 9.17) is 5.73 Å². The van der Waals surface area contributed by atoms with Crippen LogP contribution in [0.1, 0.15) is 17.5 Å². The van der Waals surface area contributed by atoms with Gasteiger partial charge < -0.3 is 11.1 Å². The van der Waals surface area contributed by atoms with Crippen LogP contribution in [-0.4, -0.2) is 15.7 Å². The standard InChI is InChI=1S/C14H15F3N4O.2ClH/c15-14(16,17)11-6-10(9-18)7-12(8-11)20-13(22)2-5-21-4-1-3-19-21;;/h1,3-4,6-8H,2,5,9,18H2,(H,20,22);2*1H. The van der Waals surface area contributed by atoms with E-state index < -0.39 is 17.6 Å². The fourth-order valence-corrected chi connectivity index (χ4v) is 1.92. The zero-order chi connectivity index (χ0) is 16.2. The molecule has 1 aromatic heterocycles. The molecule has 0 spiro atoms. The second kappa shape index (κ2) is 9.51. The van der Waals surface area contributed by atoms with Crippen molar-refractivity contribution >= 4 is 36.4 Å². The van der Waals surface area contributed by atoms with Crippen molar-refractivity contribution in [2.75, 3.05) is 5.32 Å². The summed E-state index contributed by atoms with van der Waals surface area (Å²) in [6, 6.07) is 5.02. The lowest BCUT2D eigenvalue weighted by Gasteiger charge is -2.12. The summed E-state index contributed by atoms with van der Waals surface area (Å²) in [4.78, 5) is 11.8. The Hall–Kier alpha value is -1.77. The Kier molecular flexibility index (Phi) is 8.81. The van der Waals surface area contributed by atoms with Gasteiger partial charge in [0.1, 0.15) is 0 Å². The first-order valence-electron chi connectivity index (χ1n) is 6.57. The van der Waals surface area contributed by atoms with Crippen molar-refractivity contribution in [2.24, 2.45) is 5.73 Å². The second-order valence-corrected chi connectivity index (χ2v) is 4.69. The average Bonchev–Trinajstić information content (AvgIpc) is 2.97. The molecule has 1 aromatic carbocycles. The van der Waals surface area contributed by atoms with E-state index in [1.54, 1.807) is 23.1 Å². The third-order valence-electron chi connectivity index (χ3n) is 2.97. The highest BCUT2D eigenvalue weighted by Crippen LogP contribution is 2.32. The number of rotatable bonds is 5. The summed E-state index contributed by atoms with van der Waals surface area (Å²) in [5.41, 5.74) is 4.94. The van der Waals surface area contributed by atoms with Crippen LogP contribution < -0.4 is 11.1 Å². The first-order valence-corrected chi connectivity index (χ1v) is 6.57. The number of carbonyl (C=O) groups excluding carboxylic acids is 1. The molecule has 1 amide bonds. The van der Waals surface area contributed by atoms with Crippen LogP contribution in [0.3, 0.4) is 0 Å². The SMILES string of the molecule is Cl.Cl.NCc1cc(NC(=O)CCn2cccn2)cc(C(F)(F)F)c1. The van der Waals surface area contributed by atoms with Gasteiger partial charge in [0.15, 0.2) is 0 Å². The third-order valence-corrected chi connectivity index (χ3v) is 2.97. The summed E-state index contributed by atoms with van der Waals surface area (Å²) in [6.07, 6.45) is -1.10. The third kappa shape index (κ3) is 6.38. The van der Waals surface area contributed by atoms with Gasteiger partial charge in [-0.15, -0.1) is 24.8 Å². The number of halogens is 5. The molecule has 1 heterocycles. The summed E-state index contributed by atoms with van der Waals surface area (Å²) < 4.78 is 39.9. The maximum Gasteiger partial charge on any atom is 0.416 e. The Balaban J connectivity index is 0.00000264. The van der Waals surface area contributed by atoms with E-state index in [-0.39, 0.29) is 43.5 Å². The molecule has 0 aliphatic rings. The van der Waals surface area contributed by atoms with Crippen LogP contribution in [0, 0.1) is 0 Å². The zero-order valence-electron chi connectivity index (χ0n) is 12.4. The van der Waals surface area contributed by atoms with Crippen molar-refractivity contribution in [2.45, 2.75) is 25.7 Å². The van der Waals surface area contributed by atoms with Gasteiger partial charge in [-0.05, 0) is 29.8 Å². The number of carbonyl (C=O) groups is 1. The average molecular weight is 385 g/mol. The summed E-state index contributed by atoms with van der Waals surface area (Å²) in [6.45, 7) is 0.307. The highest BCUT2D eigenvalue weighted by atomic mass is 35.5. The molecular weight excluding hydrogens is 368 g/mol. The number of hydrogen-bond acceptors (Lipinski definition) is 3. The summed E-state index contributed by atoms with van der Waals surface area (Å²) in [7, 11) is 0. The minimum atomic E-state index is -4.49.